The smallest absolute Gasteiger partial charge is 0.338 e. The van der Waals surface area contributed by atoms with Crippen LogP contribution in [0.3, 0.4) is 0 Å². The Balaban J connectivity index is 1.97. The minimum Gasteiger partial charge on any atom is -0.452 e. The monoisotopic (exact) mass is 311 g/mol. The second-order valence-electron chi connectivity index (χ2n) is 5.77. The summed E-state index contributed by atoms with van der Waals surface area (Å²) in [6.45, 7) is 7.36. The average Bonchev–Trinajstić information content (AvgIpc) is 2.47. The van der Waals surface area contributed by atoms with Gasteiger partial charge in [-0.05, 0) is 51.0 Å². The molecule has 0 unspecified atom stereocenters. The van der Waals surface area contributed by atoms with Gasteiger partial charge in [0, 0.05) is 5.69 Å². The van der Waals surface area contributed by atoms with Crippen molar-refractivity contribution in [1.29, 1.82) is 0 Å². The van der Waals surface area contributed by atoms with Crippen LogP contribution in [0.4, 0.5) is 5.69 Å². The molecule has 0 fully saturated rings. The number of amides is 1. The van der Waals surface area contributed by atoms with Gasteiger partial charge in [0.25, 0.3) is 5.91 Å². The van der Waals surface area contributed by atoms with Gasteiger partial charge in [0.2, 0.25) is 0 Å². The van der Waals surface area contributed by atoms with Crippen LogP contribution in [-0.4, -0.2) is 18.5 Å². The van der Waals surface area contributed by atoms with Crippen molar-refractivity contribution in [2.75, 3.05) is 11.9 Å². The van der Waals surface area contributed by atoms with Gasteiger partial charge in [-0.15, -0.1) is 0 Å². The number of carbonyl (C=O) groups excluding carboxylic acids is 2. The molecule has 0 radical (unpaired) electrons. The lowest BCUT2D eigenvalue weighted by Gasteiger charge is -2.12. The fourth-order valence-corrected chi connectivity index (χ4v) is 2.49. The summed E-state index contributed by atoms with van der Waals surface area (Å²) in [5.41, 5.74) is 5.13. The van der Waals surface area contributed by atoms with Gasteiger partial charge in [-0.3, -0.25) is 4.79 Å². The largest absolute Gasteiger partial charge is 0.452 e. The quantitative estimate of drug-likeness (QED) is 0.876. The fourth-order valence-electron chi connectivity index (χ4n) is 2.49. The predicted octanol–water partition coefficient (Wildman–Crippen LogP) is 3.72. The van der Waals surface area contributed by atoms with E-state index in [-0.39, 0.29) is 12.5 Å². The molecule has 0 aliphatic rings. The normalized spacial score (nSPS) is 10.3. The lowest BCUT2D eigenvalue weighted by atomic mass is 10.1. The minimum atomic E-state index is -0.492. The molecule has 0 aliphatic carbocycles. The first-order chi connectivity index (χ1) is 10.9. The Bertz CT molecular complexity index is 710. The van der Waals surface area contributed by atoms with Crippen molar-refractivity contribution in [1.82, 2.24) is 0 Å². The summed E-state index contributed by atoms with van der Waals surface area (Å²) in [6, 6.07) is 11.2. The molecule has 0 bridgehead atoms. The van der Waals surface area contributed by atoms with Gasteiger partial charge in [0.1, 0.15) is 0 Å². The Morgan fingerprint density at radius 2 is 1.52 bits per heavy atom. The number of aryl methyl sites for hydroxylation is 4. The van der Waals surface area contributed by atoms with E-state index in [0.29, 0.717) is 5.56 Å². The van der Waals surface area contributed by atoms with Crippen molar-refractivity contribution < 1.29 is 14.3 Å². The van der Waals surface area contributed by atoms with Gasteiger partial charge in [-0.25, -0.2) is 4.79 Å². The lowest BCUT2D eigenvalue weighted by molar-refractivity contribution is -0.119. The molecule has 2 aromatic carbocycles. The molecule has 0 aromatic heterocycles. The molecule has 23 heavy (non-hydrogen) atoms. The van der Waals surface area contributed by atoms with Crippen molar-refractivity contribution in [3.05, 3.63) is 64.2 Å². The molecule has 0 spiro atoms. The van der Waals surface area contributed by atoms with Crippen molar-refractivity contribution in [3.8, 4) is 0 Å². The first-order valence-electron chi connectivity index (χ1n) is 7.48. The Hall–Kier alpha value is -2.62. The molecule has 120 valence electrons. The minimum absolute atomic E-state index is 0.306. The number of hydrogen-bond acceptors (Lipinski definition) is 3. The average molecular weight is 311 g/mol. The van der Waals surface area contributed by atoms with E-state index in [1.54, 1.807) is 12.1 Å². The van der Waals surface area contributed by atoms with E-state index in [4.69, 9.17) is 4.74 Å². The van der Waals surface area contributed by atoms with Crippen LogP contribution in [0.15, 0.2) is 36.4 Å². The van der Waals surface area contributed by atoms with E-state index in [1.807, 2.05) is 52.0 Å². The summed E-state index contributed by atoms with van der Waals surface area (Å²) >= 11 is 0. The molecule has 0 aliphatic heterocycles. The lowest BCUT2D eigenvalue weighted by Crippen LogP contribution is -2.22. The molecule has 0 heterocycles. The van der Waals surface area contributed by atoms with E-state index >= 15 is 0 Å². The molecule has 0 saturated heterocycles. The van der Waals surface area contributed by atoms with Crippen LogP contribution in [0.5, 0.6) is 0 Å². The summed E-state index contributed by atoms with van der Waals surface area (Å²) in [6.07, 6.45) is 0. The molecule has 2 rings (SSSR count). The van der Waals surface area contributed by atoms with Crippen molar-refractivity contribution >= 4 is 17.6 Å². The topological polar surface area (TPSA) is 55.4 Å². The number of ether oxygens (including phenoxy) is 1. The number of esters is 1. The Morgan fingerprint density at radius 1 is 0.957 bits per heavy atom. The number of rotatable bonds is 4. The Labute approximate surface area is 136 Å². The second kappa shape index (κ2) is 7.09. The summed E-state index contributed by atoms with van der Waals surface area (Å²) in [4.78, 5) is 24.0. The summed E-state index contributed by atoms with van der Waals surface area (Å²) < 4.78 is 5.10. The maximum Gasteiger partial charge on any atom is 0.338 e. The highest BCUT2D eigenvalue weighted by Crippen LogP contribution is 2.19. The van der Waals surface area contributed by atoms with Crippen molar-refractivity contribution in [2.45, 2.75) is 27.7 Å². The van der Waals surface area contributed by atoms with Crippen LogP contribution in [0.2, 0.25) is 0 Å². The van der Waals surface area contributed by atoms with Crippen LogP contribution >= 0.6 is 0 Å². The summed E-state index contributed by atoms with van der Waals surface area (Å²) in [5.74, 6) is -0.839. The summed E-state index contributed by atoms with van der Waals surface area (Å²) in [5, 5.41) is 2.79. The zero-order valence-electron chi connectivity index (χ0n) is 13.9. The number of nitrogens with one attached hydrogen (secondary N) is 1. The zero-order chi connectivity index (χ0) is 17.0. The van der Waals surface area contributed by atoms with Crippen LogP contribution < -0.4 is 5.32 Å². The van der Waals surface area contributed by atoms with E-state index in [0.717, 1.165) is 27.9 Å². The van der Waals surface area contributed by atoms with Gasteiger partial charge in [0.05, 0.1) is 5.56 Å². The number of para-hydroxylation sites is 1. The third-order valence-electron chi connectivity index (χ3n) is 3.54. The highest BCUT2D eigenvalue weighted by atomic mass is 16.5. The zero-order valence-corrected chi connectivity index (χ0v) is 13.9. The molecule has 4 nitrogen and oxygen atoms in total. The highest BCUT2D eigenvalue weighted by Gasteiger charge is 2.12. The third-order valence-corrected chi connectivity index (χ3v) is 3.54. The summed E-state index contributed by atoms with van der Waals surface area (Å²) in [7, 11) is 0. The van der Waals surface area contributed by atoms with Gasteiger partial charge < -0.3 is 10.1 Å². The van der Waals surface area contributed by atoms with Gasteiger partial charge >= 0.3 is 5.97 Å². The van der Waals surface area contributed by atoms with Crippen LogP contribution in [0, 0.1) is 27.7 Å². The van der Waals surface area contributed by atoms with Gasteiger partial charge in [-0.2, -0.15) is 0 Å². The van der Waals surface area contributed by atoms with Crippen LogP contribution in [0.25, 0.3) is 0 Å². The molecular formula is C19H21NO3. The SMILES string of the molecule is Cc1cc(C)cc(C(=O)OCC(=O)Nc2c(C)cccc2C)c1. The van der Waals surface area contributed by atoms with E-state index in [2.05, 4.69) is 5.32 Å². The first-order valence-corrected chi connectivity index (χ1v) is 7.48. The number of anilines is 1. The Kier molecular flexibility index (Phi) is 5.16. The third kappa shape index (κ3) is 4.42. The molecule has 2 aromatic rings. The fraction of sp³-hybridized carbons (Fsp3) is 0.263. The Morgan fingerprint density at radius 3 is 2.09 bits per heavy atom. The molecule has 4 heteroatoms. The highest BCUT2D eigenvalue weighted by molar-refractivity contribution is 5.96. The van der Waals surface area contributed by atoms with Gasteiger partial charge in [-0.1, -0.05) is 35.4 Å². The van der Waals surface area contributed by atoms with Gasteiger partial charge in [0.15, 0.2) is 6.61 Å². The van der Waals surface area contributed by atoms with Crippen molar-refractivity contribution in [2.24, 2.45) is 0 Å². The van der Waals surface area contributed by atoms with E-state index in [1.165, 1.54) is 0 Å². The standard InChI is InChI=1S/C19H21NO3/c1-12-8-13(2)10-16(9-12)19(22)23-11-17(21)20-18-14(3)6-5-7-15(18)4/h5-10H,11H2,1-4H3,(H,20,21). The maximum atomic E-state index is 12.0. The predicted molar refractivity (Wildman–Crippen MR) is 90.7 cm³/mol. The number of benzene rings is 2. The molecule has 1 N–H and O–H groups in total. The van der Waals surface area contributed by atoms with Crippen LogP contribution in [0.1, 0.15) is 32.6 Å². The van der Waals surface area contributed by atoms with Crippen molar-refractivity contribution in [3.63, 3.8) is 0 Å². The molecular weight excluding hydrogens is 290 g/mol. The number of hydrogen-bond donors (Lipinski definition) is 1. The first kappa shape index (κ1) is 16.7. The van der Waals surface area contributed by atoms with E-state index in [9.17, 15) is 9.59 Å². The molecule has 0 saturated carbocycles. The molecule has 0 atom stereocenters. The molecule has 1 amide bonds. The second-order valence-corrected chi connectivity index (χ2v) is 5.77. The van der Waals surface area contributed by atoms with Crippen LogP contribution in [-0.2, 0) is 9.53 Å². The number of carbonyl (C=O) groups is 2. The maximum absolute atomic E-state index is 12.0. The van der Waals surface area contributed by atoms with E-state index < -0.39 is 5.97 Å².